The van der Waals surface area contributed by atoms with Gasteiger partial charge in [-0.25, -0.2) is 9.78 Å². The van der Waals surface area contributed by atoms with Gasteiger partial charge in [0.2, 0.25) is 11.9 Å². The van der Waals surface area contributed by atoms with Gasteiger partial charge in [0.05, 0.1) is 0 Å². The zero-order valence-corrected chi connectivity index (χ0v) is 29.2. The first-order valence-corrected chi connectivity index (χ1v) is 18.3. The molecule has 3 aliphatic rings. The third kappa shape index (κ3) is 7.56. The van der Waals surface area contributed by atoms with Crippen molar-refractivity contribution in [3.05, 3.63) is 75.7 Å². The van der Waals surface area contributed by atoms with Gasteiger partial charge in [0, 0.05) is 72.2 Å². The van der Waals surface area contributed by atoms with E-state index in [0.29, 0.717) is 30.5 Å². The Morgan fingerprint density at radius 1 is 0.959 bits per heavy atom. The predicted molar refractivity (Wildman–Crippen MR) is 196 cm³/mol. The number of carbonyl (C=O) groups is 2. The van der Waals surface area contributed by atoms with Crippen LogP contribution in [-0.2, 0) is 4.79 Å². The number of anilines is 4. The third-order valence-electron chi connectivity index (χ3n) is 9.90. The van der Waals surface area contributed by atoms with E-state index in [0.717, 1.165) is 91.8 Å². The number of rotatable bonds is 10. The number of nitrogens with one attached hydrogen (secondary N) is 3. The van der Waals surface area contributed by atoms with Crippen LogP contribution in [-0.4, -0.2) is 52.7 Å². The van der Waals surface area contributed by atoms with Crippen LogP contribution in [0.25, 0.3) is 11.0 Å². The summed E-state index contributed by atoms with van der Waals surface area (Å²) in [7, 11) is 0. The lowest BCUT2D eigenvalue weighted by atomic mass is 9.93. The van der Waals surface area contributed by atoms with Crippen LogP contribution < -0.4 is 30.7 Å². The molecule has 2 aromatic heterocycles. The number of imide groups is 1. The number of amides is 3. The van der Waals surface area contributed by atoms with Gasteiger partial charge in [0.25, 0.3) is 5.56 Å². The zero-order valence-electron chi connectivity index (χ0n) is 27.6. The summed E-state index contributed by atoms with van der Waals surface area (Å²) < 4.78 is 5.32. The summed E-state index contributed by atoms with van der Waals surface area (Å²) in [6.45, 7) is 5.43. The minimum absolute atomic E-state index is 0.117. The second kappa shape index (κ2) is 14.8. The van der Waals surface area contributed by atoms with Crippen LogP contribution in [0.3, 0.4) is 0 Å². The monoisotopic (exact) mass is 700 g/mol. The molecule has 2 saturated heterocycles. The van der Waals surface area contributed by atoms with Crippen molar-refractivity contribution in [1.82, 2.24) is 24.6 Å². The molecular formula is C36H41ClN8O3S. The normalized spacial score (nSPS) is 17.6. The van der Waals surface area contributed by atoms with E-state index in [1.807, 2.05) is 18.2 Å². The molecule has 1 aliphatic carbocycles. The van der Waals surface area contributed by atoms with Gasteiger partial charge in [0.1, 0.15) is 10.7 Å². The summed E-state index contributed by atoms with van der Waals surface area (Å²) in [5.74, 6) is 0.909. The average molecular weight is 701 g/mol. The van der Waals surface area contributed by atoms with Crippen molar-refractivity contribution in [3.63, 3.8) is 0 Å². The first-order chi connectivity index (χ1) is 23.8. The minimum atomic E-state index is -0.354. The standard InChI is InChI=1S/C36H41ClN8O3S/c1-23-20-29(10-11-31(23)40-35-38-22-25-21-30(37)34(47)45(33(25)42-35)28-4-2-3-5-28)49-39-16-12-24-13-17-43(18-14-24)26-6-8-27(9-7-26)44-19-15-32(46)41-36(44)48/h6-11,20-22,24,28,39H,2-5,12-19H2,1H3,(H,38,40,42)(H,41,46,48). The van der Waals surface area contributed by atoms with Crippen molar-refractivity contribution in [2.24, 2.45) is 5.92 Å². The fraction of sp³-hybridized carbons (Fsp3) is 0.417. The van der Waals surface area contributed by atoms with Crippen molar-refractivity contribution in [2.75, 3.05) is 41.3 Å². The van der Waals surface area contributed by atoms with Crippen LogP contribution in [0.15, 0.2) is 64.4 Å². The molecule has 3 N–H and O–H groups in total. The van der Waals surface area contributed by atoms with E-state index in [1.165, 1.54) is 5.69 Å². The molecule has 0 radical (unpaired) electrons. The van der Waals surface area contributed by atoms with Gasteiger partial charge in [-0.3, -0.25) is 29.1 Å². The predicted octanol–water partition coefficient (Wildman–Crippen LogP) is 6.96. The summed E-state index contributed by atoms with van der Waals surface area (Å²) in [6, 6.07) is 15.8. The molecule has 13 heteroatoms. The average Bonchev–Trinajstić information content (AvgIpc) is 3.64. The Hall–Kier alpha value is -4.13. The lowest BCUT2D eigenvalue weighted by Gasteiger charge is -2.34. The molecule has 7 rings (SSSR count). The number of fused-ring (bicyclic) bond motifs is 1. The third-order valence-corrected chi connectivity index (χ3v) is 11.0. The Morgan fingerprint density at radius 3 is 2.45 bits per heavy atom. The lowest BCUT2D eigenvalue weighted by molar-refractivity contribution is -0.120. The van der Waals surface area contributed by atoms with E-state index < -0.39 is 0 Å². The quantitative estimate of drug-likeness (QED) is 0.119. The maximum absolute atomic E-state index is 13.0. The molecule has 2 aromatic carbocycles. The highest BCUT2D eigenvalue weighted by molar-refractivity contribution is 7.97. The van der Waals surface area contributed by atoms with Gasteiger partial charge in [-0.15, -0.1) is 0 Å². The number of urea groups is 1. The molecule has 0 bridgehead atoms. The Kier molecular flexibility index (Phi) is 10.1. The number of piperidine rings is 1. The van der Waals surface area contributed by atoms with Crippen molar-refractivity contribution >= 4 is 69.5 Å². The second-order valence-corrected chi connectivity index (χ2v) is 14.5. The van der Waals surface area contributed by atoms with Crippen molar-refractivity contribution in [3.8, 4) is 0 Å². The van der Waals surface area contributed by atoms with Crippen LogP contribution in [0.5, 0.6) is 0 Å². The van der Waals surface area contributed by atoms with E-state index in [-0.39, 0.29) is 28.6 Å². The molecule has 0 unspecified atom stereocenters. The van der Waals surface area contributed by atoms with Gasteiger partial charge >= 0.3 is 6.03 Å². The SMILES string of the molecule is Cc1cc(SNCCC2CCN(c3ccc(N4CCC(=O)NC4=O)cc3)CC2)ccc1Nc1ncc2cc(Cl)c(=O)n(C3CCCC3)c2n1. The van der Waals surface area contributed by atoms with Crippen LogP contribution in [0.2, 0.25) is 5.02 Å². The smallest absolute Gasteiger partial charge is 0.328 e. The van der Waals surface area contributed by atoms with E-state index >= 15 is 0 Å². The first-order valence-electron chi connectivity index (χ1n) is 17.1. The molecular weight excluding hydrogens is 660 g/mol. The number of hydrogen-bond acceptors (Lipinski definition) is 9. The van der Waals surface area contributed by atoms with Gasteiger partial charge < -0.3 is 10.2 Å². The molecule has 3 fully saturated rings. The number of nitrogens with zero attached hydrogens (tertiary/aromatic N) is 5. The lowest BCUT2D eigenvalue weighted by Crippen LogP contribution is -2.49. The fourth-order valence-corrected chi connectivity index (χ4v) is 8.11. The Balaban J connectivity index is 0.877. The van der Waals surface area contributed by atoms with E-state index in [9.17, 15) is 14.4 Å². The van der Waals surface area contributed by atoms with E-state index in [1.54, 1.807) is 33.7 Å². The van der Waals surface area contributed by atoms with Gasteiger partial charge in [-0.1, -0.05) is 24.4 Å². The number of halogens is 1. The molecule has 11 nitrogen and oxygen atoms in total. The number of carbonyl (C=O) groups excluding carboxylic acids is 2. The maximum atomic E-state index is 13.0. The summed E-state index contributed by atoms with van der Waals surface area (Å²) in [6.07, 6.45) is 9.58. The van der Waals surface area contributed by atoms with Crippen molar-refractivity contribution in [2.45, 2.75) is 69.2 Å². The van der Waals surface area contributed by atoms with Gasteiger partial charge in [0.15, 0.2) is 0 Å². The number of pyridine rings is 1. The van der Waals surface area contributed by atoms with Crippen LogP contribution in [0.1, 0.15) is 63.0 Å². The molecule has 256 valence electrons. The largest absolute Gasteiger partial charge is 0.372 e. The fourth-order valence-electron chi connectivity index (χ4n) is 7.14. The van der Waals surface area contributed by atoms with Gasteiger partial charge in [-0.05, 0) is 111 Å². The van der Waals surface area contributed by atoms with Gasteiger partial charge in [-0.2, -0.15) is 4.98 Å². The van der Waals surface area contributed by atoms with Crippen molar-refractivity contribution < 1.29 is 9.59 Å². The summed E-state index contributed by atoms with van der Waals surface area (Å²) in [5, 5.41) is 6.71. The highest BCUT2D eigenvalue weighted by Gasteiger charge is 2.25. The van der Waals surface area contributed by atoms with Crippen LogP contribution >= 0.6 is 23.5 Å². The summed E-state index contributed by atoms with van der Waals surface area (Å²) >= 11 is 7.94. The molecule has 2 aliphatic heterocycles. The zero-order chi connectivity index (χ0) is 33.9. The van der Waals surface area contributed by atoms with E-state index in [2.05, 4.69) is 56.4 Å². The Bertz CT molecular complexity index is 1910. The van der Waals surface area contributed by atoms with Crippen LogP contribution in [0, 0.1) is 12.8 Å². The number of benzene rings is 2. The molecule has 1 saturated carbocycles. The summed E-state index contributed by atoms with van der Waals surface area (Å²) in [4.78, 5) is 51.0. The summed E-state index contributed by atoms with van der Waals surface area (Å²) in [5.41, 5.74) is 4.41. The molecule has 0 atom stereocenters. The molecule has 3 amide bonds. The molecule has 4 aromatic rings. The number of aromatic nitrogens is 3. The van der Waals surface area contributed by atoms with E-state index in [4.69, 9.17) is 16.6 Å². The first kappa shape index (κ1) is 33.4. The second-order valence-electron chi connectivity index (χ2n) is 13.2. The molecule has 49 heavy (non-hydrogen) atoms. The number of hydrogen-bond donors (Lipinski definition) is 3. The molecule has 0 spiro atoms. The Morgan fingerprint density at radius 2 is 1.71 bits per heavy atom. The van der Waals surface area contributed by atoms with Crippen LogP contribution in [0.4, 0.5) is 27.8 Å². The molecule has 4 heterocycles. The van der Waals surface area contributed by atoms with Crippen molar-refractivity contribution in [1.29, 1.82) is 0 Å². The highest BCUT2D eigenvalue weighted by atomic mass is 35.5. The minimum Gasteiger partial charge on any atom is -0.372 e. The maximum Gasteiger partial charge on any atom is 0.328 e. The Labute approximate surface area is 294 Å². The topological polar surface area (TPSA) is 124 Å². The number of aryl methyl sites for hydroxylation is 1. The highest BCUT2D eigenvalue weighted by Crippen LogP contribution is 2.32.